The van der Waals surface area contributed by atoms with Gasteiger partial charge >= 0.3 is 0 Å². The van der Waals surface area contributed by atoms with Gasteiger partial charge in [-0.3, -0.25) is 4.79 Å². The highest BCUT2D eigenvalue weighted by Gasteiger charge is 2.11. The smallest absolute Gasteiger partial charge is 0.224 e. The van der Waals surface area contributed by atoms with Crippen molar-refractivity contribution in [3.8, 4) is 0 Å². The van der Waals surface area contributed by atoms with Gasteiger partial charge in [0.05, 0.1) is 6.42 Å². The Bertz CT molecular complexity index is 427. The third kappa shape index (κ3) is 4.62. The molecule has 20 heavy (non-hydrogen) atoms. The van der Waals surface area contributed by atoms with E-state index in [4.69, 9.17) is 5.73 Å². The maximum absolute atomic E-state index is 11.9. The van der Waals surface area contributed by atoms with Gasteiger partial charge in [-0.05, 0) is 50.0 Å². The van der Waals surface area contributed by atoms with Crippen LogP contribution in [0.3, 0.4) is 0 Å². The van der Waals surface area contributed by atoms with Gasteiger partial charge < -0.3 is 16.0 Å². The molecule has 1 aliphatic heterocycles. The van der Waals surface area contributed by atoms with Crippen molar-refractivity contribution in [2.45, 2.75) is 32.2 Å². The zero-order chi connectivity index (χ0) is 14.2. The summed E-state index contributed by atoms with van der Waals surface area (Å²) >= 11 is 0. The van der Waals surface area contributed by atoms with Crippen LogP contribution in [0.15, 0.2) is 24.3 Å². The molecule has 2 rings (SSSR count). The third-order valence-electron chi connectivity index (χ3n) is 3.86. The molecule has 1 heterocycles. The van der Waals surface area contributed by atoms with Gasteiger partial charge in [0.1, 0.15) is 0 Å². The monoisotopic (exact) mass is 275 g/mol. The van der Waals surface area contributed by atoms with Crippen molar-refractivity contribution < 1.29 is 4.79 Å². The van der Waals surface area contributed by atoms with Crippen LogP contribution in [-0.2, 0) is 17.8 Å². The van der Waals surface area contributed by atoms with Crippen LogP contribution >= 0.6 is 0 Å². The molecule has 1 fully saturated rings. The lowest BCUT2D eigenvalue weighted by atomic mass is 10.0. The van der Waals surface area contributed by atoms with E-state index in [-0.39, 0.29) is 5.91 Å². The van der Waals surface area contributed by atoms with Crippen LogP contribution in [0.2, 0.25) is 0 Å². The molecule has 4 nitrogen and oxygen atoms in total. The number of amides is 1. The van der Waals surface area contributed by atoms with Gasteiger partial charge in [-0.25, -0.2) is 0 Å². The second-order valence-corrected chi connectivity index (χ2v) is 5.40. The Morgan fingerprint density at radius 3 is 2.60 bits per heavy atom. The molecule has 4 heteroatoms. The Hall–Kier alpha value is -1.39. The molecule has 0 unspecified atom stereocenters. The van der Waals surface area contributed by atoms with E-state index >= 15 is 0 Å². The van der Waals surface area contributed by atoms with Crippen LogP contribution < -0.4 is 11.1 Å². The highest BCUT2D eigenvalue weighted by atomic mass is 16.1. The standard InChI is InChI=1S/C16H25N3O/c17-13-15-7-2-1-6-14(15)12-16(20)18-8-5-11-19-9-3-4-10-19/h1-2,6-7H,3-5,8-13,17H2,(H,18,20). The van der Waals surface area contributed by atoms with Gasteiger partial charge in [-0.2, -0.15) is 0 Å². The number of carbonyl (C=O) groups is 1. The average Bonchev–Trinajstić information content (AvgIpc) is 2.97. The molecule has 0 aliphatic carbocycles. The second kappa shape index (κ2) is 8.02. The molecular formula is C16H25N3O. The number of benzene rings is 1. The number of hydrogen-bond acceptors (Lipinski definition) is 3. The largest absolute Gasteiger partial charge is 0.356 e. The van der Waals surface area contributed by atoms with E-state index in [0.29, 0.717) is 13.0 Å². The first kappa shape index (κ1) is 15.0. The predicted molar refractivity (Wildman–Crippen MR) is 81.3 cm³/mol. The van der Waals surface area contributed by atoms with Crippen LogP contribution in [0.5, 0.6) is 0 Å². The van der Waals surface area contributed by atoms with Gasteiger partial charge in [0.25, 0.3) is 0 Å². The number of nitrogens with one attached hydrogen (secondary N) is 1. The number of rotatable bonds is 7. The summed E-state index contributed by atoms with van der Waals surface area (Å²) in [6.07, 6.45) is 4.10. The predicted octanol–water partition coefficient (Wildman–Crippen LogP) is 1.29. The average molecular weight is 275 g/mol. The van der Waals surface area contributed by atoms with Crippen molar-refractivity contribution in [1.29, 1.82) is 0 Å². The highest BCUT2D eigenvalue weighted by molar-refractivity contribution is 5.78. The van der Waals surface area contributed by atoms with Crippen LogP contribution in [0.1, 0.15) is 30.4 Å². The van der Waals surface area contributed by atoms with Crippen LogP contribution in [0.25, 0.3) is 0 Å². The Labute approximate surface area is 121 Å². The highest BCUT2D eigenvalue weighted by Crippen LogP contribution is 2.09. The summed E-state index contributed by atoms with van der Waals surface area (Å²) in [7, 11) is 0. The molecule has 0 bridgehead atoms. The van der Waals surface area contributed by atoms with Crippen LogP contribution in [-0.4, -0.2) is 37.0 Å². The van der Waals surface area contributed by atoms with Gasteiger partial charge in [0.2, 0.25) is 5.91 Å². The van der Waals surface area contributed by atoms with Crippen molar-refractivity contribution in [2.75, 3.05) is 26.2 Å². The molecule has 0 spiro atoms. The van der Waals surface area contributed by atoms with E-state index in [1.165, 1.54) is 25.9 Å². The zero-order valence-corrected chi connectivity index (χ0v) is 12.1. The molecule has 1 aromatic carbocycles. The minimum Gasteiger partial charge on any atom is -0.356 e. The SMILES string of the molecule is NCc1ccccc1CC(=O)NCCCN1CCCC1. The molecule has 0 saturated carbocycles. The molecule has 3 N–H and O–H groups in total. The fourth-order valence-corrected chi connectivity index (χ4v) is 2.70. The molecular weight excluding hydrogens is 250 g/mol. The van der Waals surface area contributed by atoms with Crippen LogP contribution in [0.4, 0.5) is 0 Å². The molecule has 1 amide bonds. The molecule has 1 saturated heterocycles. The molecule has 1 aliphatic rings. The topological polar surface area (TPSA) is 58.4 Å². The molecule has 0 atom stereocenters. The van der Waals surface area contributed by atoms with E-state index in [9.17, 15) is 4.79 Å². The Balaban J connectivity index is 1.67. The van der Waals surface area contributed by atoms with E-state index < -0.39 is 0 Å². The molecule has 0 radical (unpaired) electrons. The summed E-state index contributed by atoms with van der Waals surface area (Å²) in [4.78, 5) is 14.4. The maximum atomic E-state index is 11.9. The summed E-state index contributed by atoms with van der Waals surface area (Å²) in [5.74, 6) is 0.0901. The van der Waals surface area contributed by atoms with Gasteiger partial charge in [-0.15, -0.1) is 0 Å². The van der Waals surface area contributed by atoms with Gasteiger partial charge in [-0.1, -0.05) is 24.3 Å². The summed E-state index contributed by atoms with van der Waals surface area (Å²) in [5.41, 5.74) is 7.77. The number of nitrogens with two attached hydrogens (primary N) is 1. The second-order valence-electron chi connectivity index (χ2n) is 5.40. The van der Waals surface area contributed by atoms with Crippen molar-refractivity contribution in [3.63, 3.8) is 0 Å². The fraction of sp³-hybridized carbons (Fsp3) is 0.562. The molecule has 110 valence electrons. The van der Waals surface area contributed by atoms with Gasteiger partial charge in [0.15, 0.2) is 0 Å². The summed E-state index contributed by atoms with van der Waals surface area (Å²) in [6, 6.07) is 7.87. The minimum absolute atomic E-state index is 0.0901. The van der Waals surface area contributed by atoms with E-state index in [0.717, 1.165) is 30.6 Å². The van der Waals surface area contributed by atoms with Crippen molar-refractivity contribution in [3.05, 3.63) is 35.4 Å². The Kier molecular flexibility index (Phi) is 6.02. The first-order valence-corrected chi connectivity index (χ1v) is 7.55. The van der Waals surface area contributed by atoms with Crippen LogP contribution in [0, 0.1) is 0 Å². The summed E-state index contributed by atoms with van der Waals surface area (Å²) in [5, 5.41) is 3.00. The van der Waals surface area contributed by atoms with Crippen molar-refractivity contribution in [1.82, 2.24) is 10.2 Å². The fourth-order valence-electron chi connectivity index (χ4n) is 2.70. The molecule has 1 aromatic rings. The number of likely N-dealkylation sites (tertiary alicyclic amines) is 1. The Morgan fingerprint density at radius 1 is 1.20 bits per heavy atom. The lowest BCUT2D eigenvalue weighted by Gasteiger charge is -2.14. The van der Waals surface area contributed by atoms with E-state index in [1.54, 1.807) is 0 Å². The van der Waals surface area contributed by atoms with Crippen molar-refractivity contribution >= 4 is 5.91 Å². The summed E-state index contributed by atoms with van der Waals surface area (Å²) < 4.78 is 0. The lowest BCUT2D eigenvalue weighted by Crippen LogP contribution is -2.29. The minimum atomic E-state index is 0.0901. The number of carbonyl (C=O) groups excluding carboxylic acids is 1. The molecule has 0 aromatic heterocycles. The van der Waals surface area contributed by atoms with E-state index in [1.807, 2.05) is 24.3 Å². The Morgan fingerprint density at radius 2 is 1.90 bits per heavy atom. The summed E-state index contributed by atoms with van der Waals surface area (Å²) in [6.45, 7) is 4.79. The van der Waals surface area contributed by atoms with E-state index in [2.05, 4.69) is 10.2 Å². The maximum Gasteiger partial charge on any atom is 0.224 e. The first-order chi connectivity index (χ1) is 9.79. The lowest BCUT2D eigenvalue weighted by molar-refractivity contribution is -0.120. The quantitative estimate of drug-likeness (QED) is 0.737. The first-order valence-electron chi connectivity index (χ1n) is 7.55. The van der Waals surface area contributed by atoms with Crippen molar-refractivity contribution in [2.24, 2.45) is 5.73 Å². The zero-order valence-electron chi connectivity index (χ0n) is 12.1. The van der Waals surface area contributed by atoms with Gasteiger partial charge in [0, 0.05) is 13.1 Å². The normalized spacial score (nSPS) is 15.4. The third-order valence-corrected chi connectivity index (χ3v) is 3.86. The number of hydrogen-bond donors (Lipinski definition) is 2. The number of nitrogens with zero attached hydrogens (tertiary/aromatic N) is 1.